The van der Waals surface area contributed by atoms with E-state index in [1.807, 2.05) is 6.92 Å². The maximum absolute atomic E-state index is 12.6. The largest absolute Gasteiger partial charge is 0.416 e. The molecule has 2 rings (SSSR count). The van der Waals surface area contributed by atoms with Crippen molar-refractivity contribution >= 4 is 17.5 Å². The Labute approximate surface area is 130 Å². The summed E-state index contributed by atoms with van der Waals surface area (Å²) in [5, 5.41) is 0. The van der Waals surface area contributed by atoms with E-state index in [1.54, 1.807) is 12.1 Å². The van der Waals surface area contributed by atoms with Gasteiger partial charge in [0, 0.05) is 17.4 Å². The molecule has 1 heterocycles. The van der Waals surface area contributed by atoms with Gasteiger partial charge in [0.05, 0.1) is 11.3 Å². The number of ketones is 1. The molecular formula is C16H14F3NOS. The topological polar surface area (TPSA) is 30.0 Å². The molecule has 0 saturated carbocycles. The number of alkyl halides is 3. The summed E-state index contributed by atoms with van der Waals surface area (Å²) in [6.45, 7) is 3.40. The average Bonchev–Trinajstić information content (AvgIpc) is 2.47. The fourth-order valence-corrected chi connectivity index (χ4v) is 2.76. The highest BCUT2D eigenvalue weighted by Crippen LogP contribution is 2.31. The van der Waals surface area contributed by atoms with Crippen molar-refractivity contribution in [1.82, 2.24) is 4.98 Å². The Morgan fingerprint density at radius 1 is 1.14 bits per heavy atom. The number of pyridine rings is 1. The number of halogens is 3. The second kappa shape index (κ2) is 6.52. The van der Waals surface area contributed by atoms with Gasteiger partial charge in [-0.3, -0.25) is 4.79 Å². The third kappa shape index (κ3) is 3.68. The van der Waals surface area contributed by atoms with E-state index in [4.69, 9.17) is 0 Å². The van der Waals surface area contributed by atoms with Gasteiger partial charge >= 0.3 is 6.18 Å². The van der Waals surface area contributed by atoms with Crippen LogP contribution in [0.3, 0.4) is 0 Å². The molecular weight excluding hydrogens is 311 g/mol. The minimum absolute atomic E-state index is 0.162. The second-order valence-corrected chi connectivity index (χ2v) is 5.91. The zero-order valence-electron chi connectivity index (χ0n) is 12.1. The number of carbonyl (C=O) groups is 1. The lowest BCUT2D eigenvalue weighted by atomic mass is 10.1. The number of thioether (sulfide) groups is 1. The van der Waals surface area contributed by atoms with Crippen LogP contribution in [0.2, 0.25) is 0 Å². The van der Waals surface area contributed by atoms with Gasteiger partial charge in [-0.05, 0) is 30.0 Å². The van der Waals surface area contributed by atoms with Crippen molar-refractivity contribution in [3.8, 4) is 11.3 Å². The number of hydrogen-bond acceptors (Lipinski definition) is 3. The summed E-state index contributed by atoms with van der Waals surface area (Å²) in [6.07, 6.45) is -4.36. The SMILES string of the molecule is CCSc1ccc(-c2ccc(C(F)(F)F)cc2)nc1C(C)=O. The van der Waals surface area contributed by atoms with Crippen LogP contribution in [0.15, 0.2) is 41.3 Å². The highest BCUT2D eigenvalue weighted by molar-refractivity contribution is 7.99. The molecule has 0 amide bonds. The third-order valence-electron chi connectivity index (χ3n) is 3.00. The number of benzene rings is 1. The Kier molecular flexibility index (Phi) is 4.90. The van der Waals surface area contributed by atoms with Crippen molar-refractivity contribution in [3.63, 3.8) is 0 Å². The zero-order valence-corrected chi connectivity index (χ0v) is 12.9. The van der Waals surface area contributed by atoms with E-state index in [1.165, 1.54) is 30.8 Å². The van der Waals surface area contributed by atoms with Gasteiger partial charge in [-0.1, -0.05) is 19.1 Å². The van der Waals surface area contributed by atoms with Gasteiger partial charge in [-0.25, -0.2) is 4.98 Å². The molecule has 0 radical (unpaired) electrons. The molecule has 6 heteroatoms. The van der Waals surface area contributed by atoms with Crippen LogP contribution in [0, 0.1) is 0 Å². The first-order valence-corrected chi connectivity index (χ1v) is 7.64. The van der Waals surface area contributed by atoms with Crippen LogP contribution in [0.5, 0.6) is 0 Å². The van der Waals surface area contributed by atoms with Crippen LogP contribution in [0.4, 0.5) is 13.2 Å². The van der Waals surface area contributed by atoms with Crippen molar-refractivity contribution in [3.05, 3.63) is 47.7 Å². The van der Waals surface area contributed by atoms with Gasteiger partial charge in [0.25, 0.3) is 0 Å². The second-order valence-electron chi connectivity index (χ2n) is 4.61. The van der Waals surface area contributed by atoms with E-state index in [0.29, 0.717) is 17.0 Å². The third-order valence-corrected chi connectivity index (χ3v) is 3.93. The van der Waals surface area contributed by atoms with Gasteiger partial charge in [-0.2, -0.15) is 13.2 Å². The van der Waals surface area contributed by atoms with Crippen molar-refractivity contribution in [1.29, 1.82) is 0 Å². The minimum atomic E-state index is -4.36. The molecule has 0 unspecified atom stereocenters. The summed E-state index contributed by atoms with van der Waals surface area (Å²) in [6, 6.07) is 8.25. The molecule has 0 spiro atoms. The van der Waals surface area contributed by atoms with Crippen LogP contribution in [-0.4, -0.2) is 16.5 Å². The standard InChI is InChI=1S/C16H14F3NOS/c1-3-22-14-9-8-13(20-15(14)10(2)21)11-4-6-12(7-5-11)16(17,18)19/h4-9H,3H2,1-2H3. The Hall–Kier alpha value is -1.82. The van der Waals surface area contributed by atoms with E-state index in [2.05, 4.69) is 4.98 Å². The Bertz CT molecular complexity index is 681. The Morgan fingerprint density at radius 3 is 2.27 bits per heavy atom. The first kappa shape index (κ1) is 16.5. The predicted molar refractivity (Wildman–Crippen MR) is 81.1 cm³/mol. The molecule has 0 saturated heterocycles. The van der Waals surface area contributed by atoms with Crippen LogP contribution in [-0.2, 0) is 6.18 Å². The molecule has 116 valence electrons. The summed E-state index contributed by atoms with van der Waals surface area (Å²) in [5.74, 6) is 0.645. The molecule has 22 heavy (non-hydrogen) atoms. The average molecular weight is 325 g/mol. The highest BCUT2D eigenvalue weighted by atomic mass is 32.2. The number of nitrogens with zero attached hydrogens (tertiary/aromatic N) is 1. The van der Waals surface area contributed by atoms with Gasteiger partial charge in [0.2, 0.25) is 0 Å². The highest BCUT2D eigenvalue weighted by Gasteiger charge is 2.30. The van der Waals surface area contributed by atoms with Gasteiger partial charge in [0.1, 0.15) is 5.69 Å². The molecule has 0 N–H and O–H groups in total. The quantitative estimate of drug-likeness (QED) is 0.580. The lowest BCUT2D eigenvalue weighted by molar-refractivity contribution is -0.137. The fourth-order valence-electron chi connectivity index (χ4n) is 1.96. The van der Waals surface area contributed by atoms with Crippen molar-refractivity contribution in [2.45, 2.75) is 24.9 Å². The lowest BCUT2D eigenvalue weighted by Crippen LogP contribution is -2.04. The number of hydrogen-bond donors (Lipinski definition) is 0. The van der Waals surface area contributed by atoms with E-state index >= 15 is 0 Å². The van der Waals surface area contributed by atoms with Crippen molar-refractivity contribution in [2.75, 3.05) is 5.75 Å². The zero-order chi connectivity index (χ0) is 16.3. The summed E-state index contributed by atoms with van der Waals surface area (Å²) >= 11 is 1.51. The molecule has 2 aromatic rings. The number of rotatable bonds is 4. The molecule has 0 aliphatic heterocycles. The summed E-state index contributed by atoms with van der Waals surface area (Å²) in [4.78, 5) is 16.8. The van der Waals surface area contributed by atoms with E-state index in [-0.39, 0.29) is 5.78 Å². The van der Waals surface area contributed by atoms with Crippen LogP contribution >= 0.6 is 11.8 Å². The summed E-state index contributed by atoms with van der Waals surface area (Å²) < 4.78 is 37.7. The van der Waals surface area contributed by atoms with E-state index in [0.717, 1.165) is 22.8 Å². The van der Waals surface area contributed by atoms with Gasteiger partial charge < -0.3 is 0 Å². The molecule has 2 nitrogen and oxygen atoms in total. The Morgan fingerprint density at radius 2 is 1.77 bits per heavy atom. The maximum Gasteiger partial charge on any atom is 0.416 e. The van der Waals surface area contributed by atoms with Crippen molar-refractivity contribution in [2.24, 2.45) is 0 Å². The summed E-state index contributed by atoms with van der Waals surface area (Å²) in [7, 11) is 0. The molecule has 1 aromatic heterocycles. The molecule has 0 bridgehead atoms. The first-order valence-electron chi connectivity index (χ1n) is 6.65. The number of aromatic nitrogens is 1. The summed E-state index contributed by atoms with van der Waals surface area (Å²) in [5.41, 5.74) is 0.674. The smallest absolute Gasteiger partial charge is 0.293 e. The number of carbonyl (C=O) groups excluding carboxylic acids is 1. The lowest BCUT2D eigenvalue weighted by Gasteiger charge is -2.10. The molecule has 0 atom stereocenters. The van der Waals surface area contributed by atoms with Crippen LogP contribution in [0.1, 0.15) is 29.9 Å². The van der Waals surface area contributed by atoms with Crippen LogP contribution < -0.4 is 0 Å². The Balaban J connectivity index is 2.40. The molecule has 0 aliphatic rings. The van der Waals surface area contributed by atoms with Gasteiger partial charge in [0.15, 0.2) is 5.78 Å². The predicted octanol–water partition coefficient (Wildman–Crippen LogP) is 5.08. The number of Topliss-reactive ketones (excluding diaryl/α,β-unsaturated/α-hetero) is 1. The maximum atomic E-state index is 12.6. The minimum Gasteiger partial charge on any atom is -0.293 e. The van der Waals surface area contributed by atoms with E-state index < -0.39 is 11.7 Å². The first-order chi connectivity index (χ1) is 10.3. The van der Waals surface area contributed by atoms with Crippen LogP contribution in [0.25, 0.3) is 11.3 Å². The monoisotopic (exact) mass is 325 g/mol. The molecule has 0 aliphatic carbocycles. The van der Waals surface area contributed by atoms with E-state index in [9.17, 15) is 18.0 Å². The van der Waals surface area contributed by atoms with Crippen molar-refractivity contribution < 1.29 is 18.0 Å². The normalized spacial score (nSPS) is 11.5. The molecule has 1 aromatic carbocycles. The fraction of sp³-hybridized carbons (Fsp3) is 0.250. The molecule has 0 fully saturated rings. The van der Waals surface area contributed by atoms with Gasteiger partial charge in [-0.15, -0.1) is 11.8 Å².